The fourth-order valence-corrected chi connectivity index (χ4v) is 4.54. The molecule has 3 rings (SSSR count). The predicted octanol–water partition coefficient (Wildman–Crippen LogP) is 4.04. The molecule has 1 N–H and O–H groups in total. The lowest BCUT2D eigenvalue weighted by Gasteiger charge is -2.33. The van der Waals surface area contributed by atoms with Gasteiger partial charge in [0.1, 0.15) is 4.75 Å². The van der Waals surface area contributed by atoms with Gasteiger partial charge >= 0.3 is 0 Å². The summed E-state index contributed by atoms with van der Waals surface area (Å²) >= 11 is 4.92. The minimum Gasteiger partial charge on any atom is -0.598 e. The average molecular weight is 411 g/mol. The van der Waals surface area contributed by atoms with E-state index in [1.165, 1.54) is 0 Å². The summed E-state index contributed by atoms with van der Waals surface area (Å²) in [6.07, 6.45) is 2.85. The molecular weight excluding hydrogens is 384 g/mol. The number of nitriles is 1. The van der Waals surface area contributed by atoms with Crippen molar-refractivity contribution in [3.8, 4) is 6.07 Å². The Balaban J connectivity index is 1.78. The topological polar surface area (TPSA) is 77.3 Å². The van der Waals surface area contributed by atoms with Gasteiger partial charge in [0, 0.05) is 28.4 Å². The Hall–Kier alpha value is -0.810. The van der Waals surface area contributed by atoms with Crippen molar-refractivity contribution in [1.82, 2.24) is 4.72 Å². The molecule has 1 heterocycles. The van der Waals surface area contributed by atoms with E-state index in [0.29, 0.717) is 31.1 Å². The van der Waals surface area contributed by atoms with E-state index < -0.39 is 27.3 Å². The zero-order valence-electron chi connectivity index (χ0n) is 16.1. The Kier molecular flexibility index (Phi) is 6.12. The van der Waals surface area contributed by atoms with E-state index in [9.17, 15) is 9.81 Å². The quantitative estimate of drug-likeness (QED) is 0.686. The SMILES string of the molecule is CC(C)(C)[S@+]([O-])N[C@H](CCC1(c2cccc(Cl)c2)OCCO1)C1(C#N)CC1. The van der Waals surface area contributed by atoms with Gasteiger partial charge in [-0.2, -0.15) is 5.26 Å². The van der Waals surface area contributed by atoms with Gasteiger partial charge in [0.05, 0.1) is 30.7 Å². The van der Waals surface area contributed by atoms with Crippen molar-refractivity contribution in [2.75, 3.05) is 13.2 Å². The summed E-state index contributed by atoms with van der Waals surface area (Å²) in [5.74, 6) is -0.862. The smallest absolute Gasteiger partial charge is 0.195 e. The van der Waals surface area contributed by atoms with Crippen molar-refractivity contribution in [3.63, 3.8) is 0 Å². The molecule has 0 bridgehead atoms. The van der Waals surface area contributed by atoms with E-state index in [1.807, 2.05) is 45.0 Å². The molecule has 1 aliphatic heterocycles. The van der Waals surface area contributed by atoms with Gasteiger partial charge in [-0.15, -0.1) is 4.72 Å². The number of hydrogen-bond acceptors (Lipinski definition) is 5. The molecule has 2 fully saturated rings. The highest BCUT2D eigenvalue weighted by Crippen LogP contribution is 2.51. The Bertz CT molecular complexity index is 706. The lowest BCUT2D eigenvalue weighted by atomic mass is 9.90. The molecule has 0 spiro atoms. The summed E-state index contributed by atoms with van der Waals surface area (Å²) in [4.78, 5) is 0. The molecule has 0 amide bonds. The fourth-order valence-electron chi connectivity index (χ4n) is 3.40. The molecule has 7 heteroatoms. The first-order chi connectivity index (χ1) is 12.7. The van der Waals surface area contributed by atoms with Crippen LogP contribution in [0.3, 0.4) is 0 Å². The summed E-state index contributed by atoms with van der Waals surface area (Å²) in [5, 5.41) is 10.3. The van der Waals surface area contributed by atoms with Gasteiger partial charge in [0.15, 0.2) is 5.79 Å². The minimum atomic E-state index is -1.24. The zero-order chi connectivity index (χ0) is 19.7. The molecule has 2 atom stereocenters. The van der Waals surface area contributed by atoms with Gasteiger partial charge in [-0.25, -0.2) is 0 Å². The number of halogens is 1. The second-order valence-electron chi connectivity index (χ2n) is 8.32. The van der Waals surface area contributed by atoms with E-state index in [1.54, 1.807) is 0 Å². The van der Waals surface area contributed by atoms with Gasteiger partial charge < -0.3 is 14.0 Å². The van der Waals surface area contributed by atoms with Gasteiger partial charge in [0.25, 0.3) is 0 Å². The van der Waals surface area contributed by atoms with Crippen molar-refractivity contribution in [2.24, 2.45) is 5.41 Å². The molecule has 27 heavy (non-hydrogen) atoms. The molecule has 5 nitrogen and oxygen atoms in total. The van der Waals surface area contributed by atoms with Crippen LogP contribution in [0.4, 0.5) is 0 Å². The largest absolute Gasteiger partial charge is 0.598 e. The molecular formula is C20H27ClN2O3S. The summed E-state index contributed by atoms with van der Waals surface area (Å²) in [6, 6.07) is 9.78. The molecule has 1 aromatic rings. The minimum absolute atomic E-state index is 0.175. The number of rotatable bonds is 7. The Morgan fingerprint density at radius 2 is 2.00 bits per heavy atom. The number of nitrogens with zero attached hydrogens (tertiary/aromatic N) is 1. The third-order valence-electron chi connectivity index (χ3n) is 5.26. The molecule has 2 aliphatic rings. The molecule has 1 aromatic carbocycles. The third kappa shape index (κ3) is 4.61. The third-order valence-corrected chi connectivity index (χ3v) is 7.11. The van der Waals surface area contributed by atoms with Crippen LogP contribution in [-0.4, -0.2) is 28.6 Å². The van der Waals surface area contributed by atoms with Crippen molar-refractivity contribution >= 4 is 23.0 Å². The van der Waals surface area contributed by atoms with Crippen LogP contribution in [-0.2, 0) is 26.6 Å². The summed E-state index contributed by atoms with van der Waals surface area (Å²) in [6.45, 7) is 6.81. The van der Waals surface area contributed by atoms with Crippen LogP contribution in [0.2, 0.25) is 5.02 Å². The number of nitrogens with one attached hydrogen (secondary N) is 1. The zero-order valence-corrected chi connectivity index (χ0v) is 17.7. The monoisotopic (exact) mass is 410 g/mol. The van der Waals surface area contributed by atoms with Gasteiger partial charge in [-0.1, -0.05) is 23.7 Å². The standard InChI is InChI=1S/C20H27ClN2O3S/c1-18(2,3)27(24)23-17(19(14-22)9-10-19)7-8-20(25-11-12-26-20)15-5-4-6-16(21)13-15/h4-6,13,17,23H,7-12H2,1-3H3/t17-,27+/m1/s1. The van der Waals surface area contributed by atoms with Crippen LogP contribution < -0.4 is 4.72 Å². The number of benzene rings is 1. The predicted molar refractivity (Wildman–Crippen MR) is 106 cm³/mol. The summed E-state index contributed by atoms with van der Waals surface area (Å²) in [7, 11) is 0. The molecule has 1 aliphatic carbocycles. The van der Waals surface area contributed by atoms with E-state index in [0.717, 1.165) is 18.4 Å². The second kappa shape index (κ2) is 7.90. The first kappa shape index (κ1) is 20.9. The van der Waals surface area contributed by atoms with Crippen molar-refractivity contribution in [1.29, 1.82) is 5.26 Å². The van der Waals surface area contributed by atoms with Gasteiger partial charge in [-0.05, 0) is 52.2 Å². The Labute approximate surface area is 169 Å². The number of ether oxygens (including phenoxy) is 2. The highest BCUT2D eigenvalue weighted by Gasteiger charge is 2.53. The lowest BCUT2D eigenvalue weighted by molar-refractivity contribution is -0.172. The maximum absolute atomic E-state index is 12.7. The van der Waals surface area contributed by atoms with E-state index in [4.69, 9.17) is 21.1 Å². The highest BCUT2D eigenvalue weighted by molar-refractivity contribution is 7.90. The summed E-state index contributed by atoms with van der Waals surface area (Å²) in [5.41, 5.74) is 0.430. The summed E-state index contributed by atoms with van der Waals surface area (Å²) < 4.78 is 27.5. The maximum Gasteiger partial charge on any atom is 0.195 e. The number of hydrogen-bond donors (Lipinski definition) is 1. The van der Waals surface area contributed by atoms with Crippen molar-refractivity contribution in [3.05, 3.63) is 34.9 Å². The lowest BCUT2D eigenvalue weighted by Crippen LogP contribution is -2.48. The van der Waals surface area contributed by atoms with Crippen LogP contribution in [0.25, 0.3) is 0 Å². The molecule has 1 saturated carbocycles. The van der Waals surface area contributed by atoms with Crippen LogP contribution in [0.15, 0.2) is 24.3 Å². The van der Waals surface area contributed by atoms with E-state index in [-0.39, 0.29) is 6.04 Å². The van der Waals surface area contributed by atoms with Crippen LogP contribution in [0.1, 0.15) is 52.0 Å². The van der Waals surface area contributed by atoms with Crippen LogP contribution in [0.5, 0.6) is 0 Å². The van der Waals surface area contributed by atoms with Crippen LogP contribution >= 0.6 is 11.6 Å². The van der Waals surface area contributed by atoms with E-state index >= 15 is 0 Å². The Morgan fingerprint density at radius 1 is 1.33 bits per heavy atom. The van der Waals surface area contributed by atoms with Crippen molar-refractivity contribution in [2.45, 2.75) is 63.0 Å². The molecule has 0 aromatic heterocycles. The van der Waals surface area contributed by atoms with Gasteiger partial charge in [0.2, 0.25) is 0 Å². The normalized spacial score (nSPS) is 22.8. The average Bonchev–Trinajstić information content (AvgIpc) is 3.27. The molecule has 148 valence electrons. The fraction of sp³-hybridized carbons (Fsp3) is 0.650. The maximum atomic E-state index is 12.7. The van der Waals surface area contributed by atoms with E-state index in [2.05, 4.69) is 10.8 Å². The highest BCUT2D eigenvalue weighted by atomic mass is 35.5. The van der Waals surface area contributed by atoms with Gasteiger partial charge in [-0.3, -0.25) is 0 Å². The molecule has 0 radical (unpaired) electrons. The second-order valence-corrected chi connectivity index (χ2v) is 10.8. The van der Waals surface area contributed by atoms with Crippen LogP contribution in [0, 0.1) is 16.7 Å². The molecule has 0 unspecified atom stereocenters. The molecule has 1 saturated heterocycles. The first-order valence-corrected chi connectivity index (χ1v) is 10.9. The first-order valence-electron chi connectivity index (χ1n) is 9.34. The van der Waals surface area contributed by atoms with Crippen molar-refractivity contribution < 1.29 is 14.0 Å². The Morgan fingerprint density at radius 3 is 2.52 bits per heavy atom.